The Hall–Kier alpha value is -1.58. The fourth-order valence-electron chi connectivity index (χ4n) is 2.89. The van der Waals surface area contributed by atoms with Crippen LogP contribution in [0.25, 0.3) is 0 Å². The minimum atomic E-state index is 0.248. The molecule has 0 bridgehead atoms. The zero-order valence-corrected chi connectivity index (χ0v) is 23.2. The first kappa shape index (κ1) is 30.5. The van der Waals surface area contributed by atoms with Crippen molar-refractivity contribution in [3.8, 4) is 23.6 Å². The average molecular weight is 509 g/mol. The van der Waals surface area contributed by atoms with Gasteiger partial charge in [0.15, 0.2) is 11.5 Å². The Morgan fingerprint density at radius 1 is 0.676 bits per heavy atom. The van der Waals surface area contributed by atoms with Gasteiger partial charge in [0.05, 0.1) is 23.0 Å². The van der Waals surface area contributed by atoms with Crippen molar-refractivity contribution in [2.24, 2.45) is 0 Å². The smallest absolute Gasteiger partial charge is 0.153 e. The molecule has 0 aliphatic heterocycles. The van der Waals surface area contributed by atoms with Crippen LogP contribution in [0.3, 0.4) is 0 Å². The molecular formula is C26H40N2O4S2. The molecule has 0 N–H and O–H groups in total. The van der Waals surface area contributed by atoms with E-state index in [1.807, 2.05) is 13.8 Å². The van der Waals surface area contributed by atoms with Gasteiger partial charge in [-0.25, -0.2) is 0 Å². The van der Waals surface area contributed by atoms with Crippen molar-refractivity contribution in [3.63, 3.8) is 0 Å². The maximum Gasteiger partial charge on any atom is 0.153 e. The standard InChI is InChI=1S/C26H40N2O4S2/c1-7-19(5)33-25-23(31-15-11-13-29-9-3)21(17-27)22(18-28)24(26(25)34-20(6)8-2)32-16-12-14-30-10-4/h19-20H,7-16H2,1-6H3. The lowest BCUT2D eigenvalue weighted by Gasteiger charge is -2.24. The molecule has 2 atom stereocenters. The molecule has 1 aromatic rings. The van der Waals surface area contributed by atoms with Crippen LogP contribution in [0.4, 0.5) is 0 Å². The van der Waals surface area contributed by atoms with Crippen molar-refractivity contribution < 1.29 is 18.9 Å². The van der Waals surface area contributed by atoms with Crippen LogP contribution < -0.4 is 9.47 Å². The highest BCUT2D eigenvalue weighted by molar-refractivity contribution is 8.03. The van der Waals surface area contributed by atoms with Crippen LogP contribution in [0, 0.1) is 22.7 Å². The molecule has 0 amide bonds. The van der Waals surface area contributed by atoms with E-state index >= 15 is 0 Å². The third-order valence-corrected chi connectivity index (χ3v) is 7.95. The van der Waals surface area contributed by atoms with Crippen LogP contribution in [-0.2, 0) is 9.47 Å². The molecule has 34 heavy (non-hydrogen) atoms. The highest BCUT2D eigenvalue weighted by Crippen LogP contribution is 2.51. The normalized spacial score (nSPS) is 12.6. The van der Waals surface area contributed by atoms with Gasteiger partial charge in [-0.15, -0.1) is 23.5 Å². The van der Waals surface area contributed by atoms with Crippen LogP contribution >= 0.6 is 23.5 Å². The number of hydrogen-bond acceptors (Lipinski definition) is 8. The summed E-state index contributed by atoms with van der Waals surface area (Å²) in [5.74, 6) is 0.988. The second-order valence-electron chi connectivity index (χ2n) is 7.76. The second kappa shape index (κ2) is 17.8. The third-order valence-electron chi connectivity index (χ3n) is 5.10. The van der Waals surface area contributed by atoms with Crippen molar-refractivity contribution in [1.29, 1.82) is 10.5 Å². The summed E-state index contributed by atoms with van der Waals surface area (Å²) >= 11 is 3.37. The van der Waals surface area contributed by atoms with Gasteiger partial charge in [0.25, 0.3) is 0 Å². The van der Waals surface area contributed by atoms with Gasteiger partial charge < -0.3 is 18.9 Å². The van der Waals surface area contributed by atoms with Crippen LogP contribution in [0.1, 0.15) is 78.4 Å². The van der Waals surface area contributed by atoms with E-state index in [0.717, 1.165) is 22.6 Å². The second-order valence-corrected chi connectivity index (χ2v) is 10.7. The Labute approximate surface area is 214 Å². The van der Waals surface area contributed by atoms with E-state index in [0.29, 0.717) is 74.5 Å². The summed E-state index contributed by atoms with van der Waals surface area (Å²) in [5, 5.41) is 20.8. The Morgan fingerprint density at radius 2 is 1.06 bits per heavy atom. The summed E-state index contributed by atoms with van der Waals surface area (Å²) in [6.07, 6.45) is 3.34. The molecule has 0 fully saturated rings. The number of nitrogens with zero attached hydrogens (tertiary/aromatic N) is 2. The van der Waals surface area contributed by atoms with Crippen molar-refractivity contribution in [3.05, 3.63) is 11.1 Å². The minimum Gasteiger partial charge on any atom is -0.491 e. The number of nitriles is 2. The van der Waals surface area contributed by atoms with Crippen molar-refractivity contribution in [1.82, 2.24) is 0 Å². The van der Waals surface area contributed by atoms with E-state index in [1.165, 1.54) is 0 Å². The fourth-order valence-corrected chi connectivity index (χ4v) is 5.25. The zero-order chi connectivity index (χ0) is 25.3. The first-order chi connectivity index (χ1) is 16.5. The lowest BCUT2D eigenvalue weighted by Crippen LogP contribution is -2.11. The Kier molecular flexibility index (Phi) is 15.9. The molecule has 0 radical (unpaired) electrons. The molecule has 0 saturated carbocycles. The molecule has 190 valence electrons. The number of ether oxygens (including phenoxy) is 4. The quantitative estimate of drug-likeness (QED) is 0.158. The molecule has 0 aromatic heterocycles. The van der Waals surface area contributed by atoms with E-state index < -0.39 is 0 Å². The maximum absolute atomic E-state index is 10.1. The lowest BCUT2D eigenvalue weighted by atomic mass is 10.1. The van der Waals surface area contributed by atoms with Crippen LogP contribution in [-0.4, -0.2) is 50.1 Å². The van der Waals surface area contributed by atoms with Gasteiger partial charge in [-0.2, -0.15) is 10.5 Å². The van der Waals surface area contributed by atoms with E-state index in [2.05, 4.69) is 39.8 Å². The Bertz CT molecular complexity index is 754. The lowest BCUT2D eigenvalue weighted by molar-refractivity contribution is 0.129. The molecule has 0 saturated heterocycles. The van der Waals surface area contributed by atoms with Gasteiger partial charge in [-0.05, 0) is 26.7 Å². The predicted octanol–water partition coefficient (Wildman–Crippen LogP) is 6.82. The van der Waals surface area contributed by atoms with Crippen LogP contribution in [0.2, 0.25) is 0 Å². The number of benzene rings is 1. The first-order valence-corrected chi connectivity index (χ1v) is 14.0. The highest BCUT2D eigenvalue weighted by atomic mass is 32.2. The molecule has 1 rings (SSSR count). The van der Waals surface area contributed by atoms with E-state index in [9.17, 15) is 10.5 Å². The predicted molar refractivity (Wildman–Crippen MR) is 140 cm³/mol. The number of thioether (sulfide) groups is 2. The van der Waals surface area contributed by atoms with Gasteiger partial charge in [0.1, 0.15) is 23.3 Å². The Morgan fingerprint density at radius 3 is 1.35 bits per heavy atom. The summed E-state index contributed by atoms with van der Waals surface area (Å²) in [6.45, 7) is 15.8. The maximum atomic E-state index is 10.1. The zero-order valence-electron chi connectivity index (χ0n) is 21.6. The highest BCUT2D eigenvalue weighted by Gasteiger charge is 2.29. The van der Waals surface area contributed by atoms with E-state index in [4.69, 9.17) is 18.9 Å². The van der Waals surface area contributed by atoms with Gasteiger partial charge in [-0.1, -0.05) is 27.7 Å². The summed E-state index contributed by atoms with van der Waals surface area (Å²) in [6, 6.07) is 4.48. The molecule has 0 spiro atoms. The molecule has 0 heterocycles. The topological polar surface area (TPSA) is 84.5 Å². The average Bonchev–Trinajstić information content (AvgIpc) is 2.85. The van der Waals surface area contributed by atoms with Gasteiger partial charge >= 0.3 is 0 Å². The monoisotopic (exact) mass is 508 g/mol. The van der Waals surface area contributed by atoms with Gasteiger partial charge in [0, 0.05) is 49.8 Å². The SMILES string of the molecule is CCOCCCOc1c(C#N)c(C#N)c(OCCCOCC)c(SC(C)CC)c1SC(C)CC. The molecule has 8 heteroatoms. The van der Waals surface area contributed by atoms with Gasteiger partial charge in [0.2, 0.25) is 0 Å². The first-order valence-electron chi connectivity index (χ1n) is 12.3. The summed E-state index contributed by atoms with van der Waals surface area (Å²) in [5.41, 5.74) is 0.496. The van der Waals surface area contributed by atoms with Crippen molar-refractivity contribution in [2.75, 3.05) is 39.6 Å². The third kappa shape index (κ3) is 9.58. The summed E-state index contributed by atoms with van der Waals surface area (Å²) in [7, 11) is 0. The molecular weight excluding hydrogens is 468 g/mol. The van der Waals surface area contributed by atoms with Crippen LogP contribution in [0.5, 0.6) is 11.5 Å². The largest absolute Gasteiger partial charge is 0.491 e. The molecule has 0 aliphatic rings. The molecule has 6 nitrogen and oxygen atoms in total. The molecule has 1 aromatic carbocycles. The fraction of sp³-hybridized carbons (Fsp3) is 0.692. The van der Waals surface area contributed by atoms with Crippen molar-refractivity contribution in [2.45, 2.75) is 87.5 Å². The van der Waals surface area contributed by atoms with Crippen molar-refractivity contribution >= 4 is 23.5 Å². The number of rotatable bonds is 18. The number of hydrogen-bond donors (Lipinski definition) is 0. The molecule has 0 aliphatic carbocycles. The summed E-state index contributed by atoms with van der Waals surface area (Å²) in [4.78, 5) is 1.79. The van der Waals surface area contributed by atoms with Gasteiger partial charge in [-0.3, -0.25) is 0 Å². The Balaban J connectivity index is 3.58. The van der Waals surface area contributed by atoms with Crippen LogP contribution in [0.15, 0.2) is 9.79 Å². The molecule has 2 unspecified atom stereocenters. The van der Waals surface area contributed by atoms with E-state index in [-0.39, 0.29) is 11.1 Å². The summed E-state index contributed by atoms with van der Waals surface area (Å²) < 4.78 is 23.3. The minimum absolute atomic E-state index is 0.248. The van der Waals surface area contributed by atoms with E-state index in [1.54, 1.807) is 23.5 Å².